The lowest BCUT2D eigenvalue weighted by atomic mass is 10.2. The Morgan fingerprint density at radius 1 is 1.02 bits per heavy atom. The van der Waals surface area contributed by atoms with Gasteiger partial charge in [0.2, 0.25) is 0 Å². The Hall–Kier alpha value is -4.39. The summed E-state index contributed by atoms with van der Waals surface area (Å²) >= 11 is 3.04. The highest BCUT2D eigenvalue weighted by Gasteiger charge is 2.22. The van der Waals surface area contributed by atoms with Crippen LogP contribution in [0, 0.1) is 18.8 Å². The molecule has 0 radical (unpaired) electrons. The van der Waals surface area contributed by atoms with Gasteiger partial charge in [0.05, 0.1) is 30.0 Å². The van der Waals surface area contributed by atoms with E-state index in [0.29, 0.717) is 55.2 Å². The van der Waals surface area contributed by atoms with Crippen LogP contribution in [0.4, 0.5) is 16.8 Å². The van der Waals surface area contributed by atoms with Gasteiger partial charge in [-0.05, 0) is 94.9 Å². The van der Waals surface area contributed by atoms with Crippen molar-refractivity contribution in [3.8, 4) is 17.6 Å². The van der Waals surface area contributed by atoms with Gasteiger partial charge >= 0.3 is 5.97 Å². The van der Waals surface area contributed by atoms with Crippen LogP contribution in [0.3, 0.4) is 0 Å². The van der Waals surface area contributed by atoms with E-state index in [2.05, 4.69) is 58.4 Å². The van der Waals surface area contributed by atoms with Gasteiger partial charge in [0, 0.05) is 32.2 Å². The number of fused-ring (bicyclic) bond motifs is 1. The maximum absolute atomic E-state index is 12.9. The summed E-state index contributed by atoms with van der Waals surface area (Å²) in [4.78, 5) is 28.1. The van der Waals surface area contributed by atoms with E-state index >= 15 is 0 Å². The van der Waals surface area contributed by atoms with Gasteiger partial charge in [0.25, 0.3) is 0 Å². The Balaban J connectivity index is 1.29. The second-order valence-electron chi connectivity index (χ2n) is 14.0. The standard InChI is InChI=1S/C39H49N7O4S2Si/c1-9-49-37(47)35-33(17-13-23-50-30-20-18-29(19-21-30)14-12-22-44(3)4)52-38(40-35)45(5)34-26-28(2)36(43-42-34)41-39-46(27-48-24-25-53(6,7)8)31-15-10-11-16-32(31)51-39/h10-11,15-16,18-21,26H,9,13,17,22-25,27H2,1-8H3. The minimum atomic E-state index is -1.21. The molecule has 0 N–H and O–H groups in total. The molecule has 0 atom stereocenters. The van der Waals surface area contributed by atoms with Crippen LogP contribution < -0.4 is 14.4 Å². The number of aromatic nitrogens is 4. The van der Waals surface area contributed by atoms with E-state index in [9.17, 15) is 4.79 Å². The molecule has 0 aliphatic heterocycles. The van der Waals surface area contributed by atoms with Crippen LogP contribution in [0.5, 0.6) is 5.75 Å². The number of thiazole rings is 2. The molecule has 3 aromatic heterocycles. The predicted molar refractivity (Wildman–Crippen MR) is 218 cm³/mol. The van der Waals surface area contributed by atoms with E-state index in [1.54, 1.807) is 18.3 Å². The number of anilines is 2. The Morgan fingerprint density at radius 3 is 2.51 bits per heavy atom. The number of hydrogen-bond donors (Lipinski definition) is 0. The molecule has 0 saturated carbocycles. The monoisotopic (exact) mass is 771 g/mol. The van der Waals surface area contributed by atoms with E-state index in [1.807, 2.05) is 80.3 Å². The van der Waals surface area contributed by atoms with Gasteiger partial charge in [-0.15, -0.1) is 21.5 Å². The van der Waals surface area contributed by atoms with Crippen molar-refractivity contribution in [2.24, 2.45) is 4.99 Å². The summed E-state index contributed by atoms with van der Waals surface area (Å²) in [6, 6.07) is 19.1. The van der Waals surface area contributed by atoms with Crippen LogP contribution in [0.15, 0.2) is 59.6 Å². The first-order valence-electron chi connectivity index (χ1n) is 17.7. The zero-order chi connectivity index (χ0) is 38.0. The third-order valence-corrected chi connectivity index (χ3v) is 12.0. The van der Waals surface area contributed by atoms with Crippen LogP contribution in [0.2, 0.25) is 25.7 Å². The first kappa shape index (κ1) is 39.8. The first-order chi connectivity index (χ1) is 25.4. The molecule has 53 heavy (non-hydrogen) atoms. The fourth-order valence-electron chi connectivity index (χ4n) is 5.06. The second-order valence-corrected chi connectivity index (χ2v) is 21.7. The van der Waals surface area contributed by atoms with Gasteiger partial charge in [0.1, 0.15) is 12.5 Å². The van der Waals surface area contributed by atoms with E-state index in [0.717, 1.165) is 49.4 Å². The molecule has 0 aliphatic rings. The van der Waals surface area contributed by atoms with Gasteiger partial charge in [-0.3, -0.25) is 9.47 Å². The molecule has 0 bridgehead atoms. The van der Waals surface area contributed by atoms with Crippen molar-refractivity contribution < 1.29 is 19.0 Å². The molecule has 0 unspecified atom stereocenters. The van der Waals surface area contributed by atoms with Crippen molar-refractivity contribution in [3.63, 3.8) is 0 Å². The van der Waals surface area contributed by atoms with Crippen molar-refractivity contribution >= 4 is 63.7 Å². The van der Waals surface area contributed by atoms with Crippen molar-refractivity contribution in [1.29, 1.82) is 0 Å². The largest absolute Gasteiger partial charge is 0.494 e. The average Bonchev–Trinajstić information content (AvgIpc) is 3.70. The molecule has 5 aromatic rings. The normalized spacial score (nSPS) is 11.9. The Kier molecular flexibility index (Phi) is 14.0. The van der Waals surface area contributed by atoms with Gasteiger partial charge in [-0.2, -0.15) is 4.99 Å². The smallest absolute Gasteiger partial charge is 0.358 e. The number of rotatable bonds is 16. The minimum Gasteiger partial charge on any atom is -0.494 e. The zero-order valence-corrected chi connectivity index (χ0v) is 34.6. The van der Waals surface area contributed by atoms with Crippen molar-refractivity contribution in [3.05, 3.63) is 81.1 Å². The molecular weight excluding hydrogens is 723 g/mol. The van der Waals surface area contributed by atoms with Crippen molar-refractivity contribution in [1.82, 2.24) is 24.6 Å². The SMILES string of the molecule is CCOC(=O)c1nc(N(C)c2cc(C)c(N=c3sc4ccccc4n3COCC[Si](C)(C)C)nn2)sc1CCCOc1ccc(C#CCN(C)C)cc1. The second kappa shape index (κ2) is 18.6. The van der Waals surface area contributed by atoms with Crippen molar-refractivity contribution in [2.45, 2.75) is 59.1 Å². The van der Waals surface area contributed by atoms with Crippen molar-refractivity contribution in [2.75, 3.05) is 52.4 Å². The fraction of sp³-hybridized carbons (Fsp3) is 0.410. The first-order valence-corrected chi connectivity index (χ1v) is 23.1. The molecule has 0 amide bonds. The fourth-order valence-corrected chi connectivity index (χ4v) is 7.90. The van der Waals surface area contributed by atoms with Crippen LogP contribution in [-0.2, 0) is 22.6 Å². The van der Waals surface area contributed by atoms with Crippen LogP contribution in [0.25, 0.3) is 10.2 Å². The van der Waals surface area contributed by atoms with Crippen LogP contribution in [-0.4, -0.2) is 86.2 Å². The molecule has 0 spiro atoms. The molecule has 0 saturated heterocycles. The summed E-state index contributed by atoms with van der Waals surface area (Å²) in [5, 5.41) is 9.67. The summed E-state index contributed by atoms with van der Waals surface area (Å²) in [7, 11) is 4.65. The highest BCUT2D eigenvalue weighted by Crippen LogP contribution is 2.32. The molecule has 14 heteroatoms. The quantitative estimate of drug-likeness (QED) is 0.0433. The number of carbonyl (C=O) groups is 1. The number of nitrogens with zero attached hydrogens (tertiary/aromatic N) is 7. The summed E-state index contributed by atoms with van der Waals surface area (Å²) in [6.45, 7) is 13.4. The minimum absolute atomic E-state index is 0.264. The van der Waals surface area contributed by atoms with Crippen LogP contribution >= 0.6 is 22.7 Å². The molecule has 280 valence electrons. The topological polar surface area (TPSA) is 107 Å². The lowest BCUT2D eigenvalue weighted by Gasteiger charge is -2.16. The number of hydrogen-bond acceptors (Lipinski definition) is 12. The third-order valence-electron chi connectivity index (χ3n) is 8.04. The Bertz CT molecular complexity index is 2130. The molecule has 3 heterocycles. The summed E-state index contributed by atoms with van der Waals surface area (Å²) in [5.41, 5.74) is 3.20. The molecular formula is C39H49N7O4S2Si. The average molecular weight is 772 g/mol. The van der Waals surface area contributed by atoms with E-state index < -0.39 is 14.0 Å². The van der Waals surface area contributed by atoms with Gasteiger partial charge in [-0.25, -0.2) is 9.78 Å². The summed E-state index contributed by atoms with van der Waals surface area (Å²) < 4.78 is 20.7. The maximum atomic E-state index is 12.9. The molecule has 2 aromatic carbocycles. The third kappa shape index (κ3) is 11.3. The van der Waals surface area contributed by atoms with Gasteiger partial charge in [0.15, 0.2) is 27.3 Å². The summed E-state index contributed by atoms with van der Waals surface area (Å²) in [6.07, 6.45) is 1.30. The highest BCUT2D eigenvalue weighted by molar-refractivity contribution is 7.16. The van der Waals surface area contributed by atoms with Crippen LogP contribution in [0.1, 0.15) is 39.8 Å². The van der Waals surface area contributed by atoms with Gasteiger partial charge < -0.3 is 19.1 Å². The Morgan fingerprint density at radius 2 is 1.79 bits per heavy atom. The van der Waals surface area contributed by atoms with E-state index in [1.165, 1.54) is 11.3 Å². The van der Waals surface area contributed by atoms with Gasteiger partial charge in [-0.1, -0.05) is 55.0 Å². The lowest BCUT2D eigenvalue weighted by molar-refractivity contribution is 0.0519. The molecule has 5 rings (SSSR count). The zero-order valence-electron chi connectivity index (χ0n) is 31.9. The maximum Gasteiger partial charge on any atom is 0.358 e. The number of benzene rings is 2. The predicted octanol–water partition coefficient (Wildman–Crippen LogP) is 7.67. The van der Waals surface area contributed by atoms with E-state index in [4.69, 9.17) is 24.2 Å². The summed E-state index contributed by atoms with van der Waals surface area (Å²) in [5.74, 6) is 7.75. The number of para-hydroxylation sites is 1. The molecule has 11 nitrogen and oxygen atoms in total. The number of ether oxygens (including phenoxy) is 3. The molecule has 0 fully saturated rings. The lowest BCUT2D eigenvalue weighted by Crippen LogP contribution is -2.23. The molecule has 0 aliphatic carbocycles. The number of carbonyl (C=O) groups excluding carboxylic acids is 1. The number of esters is 1. The Labute approximate surface area is 321 Å². The highest BCUT2D eigenvalue weighted by atomic mass is 32.1. The van der Waals surface area contributed by atoms with E-state index in [-0.39, 0.29) is 6.61 Å². The number of aryl methyl sites for hydroxylation is 2.